The maximum atomic E-state index is 13.1. The highest BCUT2D eigenvalue weighted by Gasteiger charge is 2.55. The third-order valence-electron chi connectivity index (χ3n) is 8.13. The van der Waals surface area contributed by atoms with Gasteiger partial charge in [0, 0.05) is 17.9 Å². The molecule has 2 atom stereocenters. The minimum absolute atomic E-state index is 0.171. The van der Waals surface area contributed by atoms with E-state index in [4.69, 9.17) is 13.9 Å². The van der Waals surface area contributed by atoms with Gasteiger partial charge in [-0.2, -0.15) is 0 Å². The number of halogens is 3. The highest BCUT2D eigenvalue weighted by atomic mass is 19.4. The lowest BCUT2D eigenvalue weighted by molar-refractivity contribution is -0.352. The number of aliphatic hydroxyl groups is 1. The molecule has 0 radical (unpaired) electrons. The summed E-state index contributed by atoms with van der Waals surface area (Å²) >= 11 is 0. The number of aryl methyl sites for hydroxylation is 1. The molecular formula is C25H28F3N3O6. The zero-order valence-corrected chi connectivity index (χ0v) is 20.2. The maximum absolute atomic E-state index is 13.1. The molecular weight excluding hydrogens is 495 g/mol. The van der Waals surface area contributed by atoms with Crippen LogP contribution in [0.1, 0.15) is 79.9 Å². The van der Waals surface area contributed by atoms with E-state index in [0.29, 0.717) is 48.8 Å². The van der Waals surface area contributed by atoms with Gasteiger partial charge in [-0.25, -0.2) is 0 Å². The zero-order valence-electron chi connectivity index (χ0n) is 20.2. The van der Waals surface area contributed by atoms with Crippen molar-refractivity contribution in [3.8, 4) is 5.75 Å². The SMILES string of the molecule is Cc1ccc2c(c1)C(O)CC(C(=O)NC13CCC(c4nnc(C5CC(OC(F)(F)F)C5)o4)(CC1)OC3)O2. The molecule has 7 rings (SSSR count). The molecule has 2 aromatic rings. The summed E-state index contributed by atoms with van der Waals surface area (Å²) < 4.78 is 59.1. The summed E-state index contributed by atoms with van der Waals surface area (Å²) in [6.45, 7) is 2.19. The van der Waals surface area contributed by atoms with Gasteiger partial charge in [-0.15, -0.1) is 23.4 Å². The predicted molar refractivity (Wildman–Crippen MR) is 119 cm³/mol. The molecule has 2 unspecified atom stereocenters. The minimum atomic E-state index is -4.65. The number of aliphatic hydroxyl groups excluding tert-OH is 1. The Bertz CT molecular complexity index is 1170. The van der Waals surface area contributed by atoms with Gasteiger partial charge in [0.1, 0.15) is 11.4 Å². The number of nitrogens with zero attached hydrogens (tertiary/aromatic N) is 2. The Hall–Kier alpha value is -2.70. The van der Waals surface area contributed by atoms with Crippen LogP contribution in [0.3, 0.4) is 0 Å². The lowest BCUT2D eigenvalue weighted by Crippen LogP contribution is -2.63. The van der Waals surface area contributed by atoms with Gasteiger partial charge in [-0.05, 0) is 57.6 Å². The minimum Gasteiger partial charge on any atom is -0.480 e. The molecule has 1 aromatic heterocycles. The topological polar surface area (TPSA) is 116 Å². The molecule has 3 aliphatic heterocycles. The Morgan fingerprint density at radius 2 is 1.92 bits per heavy atom. The summed E-state index contributed by atoms with van der Waals surface area (Å²) in [4.78, 5) is 13.1. The number of carbonyl (C=O) groups excluding carboxylic acids is 1. The number of alkyl halides is 3. The molecule has 2 saturated carbocycles. The zero-order chi connectivity index (χ0) is 26.0. The Balaban J connectivity index is 1.06. The highest BCUT2D eigenvalue weighted by molar-refractivity contribution is 5.82. The van der Waals surface area contributed by atoms with E-state index in [2.05, 4.69) is 20.3 Å². The van der Waals surface area contributed by atoms with Crippen LogP contribution in [0.2, 0.25) is 0 Å². The molecule has 2 saturated heterocycles. The van der Waals surface area contributed by atoms with Crippen molar-refractivity contribution < 1.29 is 41.7 Å². The first kappa shape index (κ1) is 24.6. The van der Waals surface area contributed by atoms with Gasteiger partial charge < -0.3 is 24.3 Å². The van der Waals surface area contributed by atoms with Crippen LogP contribution in [0.25, 0.3) is 0 Å². The summed E-state index contributed by atoms with van der Waals surface area (Å²) in [5.41, 5.74) is 0.376. The summed E-state index contributed by atoms with van der Waals surface area (Å²) in [5.74, 6) is 0.584. The second kappa shape index (κ2) is 8.67. The predicted octanol–water partition coefficient (Wildman–Crippen LogP) is 3.70. The first-order valence-corrected chi connectivity index (χ1v) is 12.5. The van der Waals surface area contributed by atoms with Crippen molar-refractivity contribution in [2.24, 2.45) is 0 Å². The highest BCUT2D eigenvalue weighted by Crippen LogP contribution is 2.50. The van der Waals surface area contributed by atoms with Crippen LogP contribution in [-0.4, -0.2) is 51.9 Å². The van der Waals surface area contributed by atoms with Gasteiger partial charge in [-0.3, -0.25) is 9.53 Å². The van der Waals surface area contributed by atoms with Crippen LogP contribution in [0.4, 0.5) is 13.2 Å². The van der Waals surface area contributed by atoms with Crippen LogP contribution in [-0.2, 0) is 19.9 Å². The van der Waals surface area contributed by atoms with Crippen molar-refractivity contribution in [3.05, 3.63) is 41.1 Å². The fraction of sp³-hybridized carbons (Fsp3) is 0.640. The largest absolute Gasteiger partial charge is 0.522 e. The molecule has 200 valence electrons. The summed E-state index contributed by atoms with van der Waals surface area (Å²) in [5, 5.41) is 21.9. The van der Waals surface area contributed by atoms with Crippen molar-refractivity contribution in [1.29, 1.82) is 0 Å². The lowest BCUT2D eigenvalue weighted by Gasteiger charge is -2.51. The monoisotopic (exact) mass is 523 g/mol. The lowest BCUT2D eigenvalue weighted by atomic mass is 9.71. The molecule has 4 fully saturated rings. The number of aromatic nitrogens is 2. The van der Waals surface area contributed by atoms with Crippen molar-refractivity contribution in [2.75, 3.05) is 6.61 Å². The molecule has 12 heteroatoms. The fourth-order valence-electron chi connectivity index (χ4n) is 5.84. The number of carbonyl (C=O) groups is 1. The standard InChI is InChI=1S/C25H28F3N3O6/c1-13-2-3-18-16(8-13)17(32)11-19(35-18)20(33)29-23-4-6-24(7-5-23,34-12-23)22-31-30-21(36-22)14-9-15(10-14)37-25(26,27)28/h2-3,8,14-15,17,19,32H,4-7,9-12H2,1H3,(H,29,33). The van der Waals surface area contributed by atoms with Crippen molar-refractivity contribution in [3.63, 3.8) is 0 Å². The quantitative estimate of drug-likeness (QED) is 0.610. The second-order valence-electron chi connectivity index (χ2n) is 10.8. The number of amides is 1. The molecule has 37 heavy (non-hydrogen) atoms. The van der Waals surface area contributed by atoms with Gasteiger partial charge >= 0.3 is 6.36 Å². The van der Waals surface area contributed by atoms with E-state index in [-0.39, 0.29) is 37.7 Å². The smallest absolute Gasteiger partial charge is 0.480 e. The molecule has 0 spiro atoms. The first-order valence-electron chi connectivity index (χ1n) is 12.5. The Kier molecular flexibility index (Phi) is 5.77. The third kappa shape index (κ3) is 4.59. The van der Waals surface area contributed by atoms with Gasteiger partial charge in [-0.1, -0.05) is 11.6 Å². The maximum Gasteiger partial charge on any atom is 0.522 e. The van der Waals surface area contributed by atoms with Gasteiger partial charge in [0.05, 0.1) is 24.4 Å². The number of hydrogen-bond donors (Lipinski definition) is 2. The number of ether oxygens (including phenoxy) is 3. The van der Waals surface area contributed by atoms with Crippen LogP contribution in [0, 0.1) is 6.92 Å². The Labute approximate surface area is 210 Å². The normalized spacial score (nSPS) is 34.8. The van der Waals surface area contributed by atoms with Gasteiger partial charge in [0.15, 0.2) is 6.10 Å². The van der Waals surface area contributed by atoms with Crippen LogP contribution >= 0.6 is 0 Å². The van der Waals surface area contributed by atoms with E-state index >= 15 is 0 Å². The average Bonchev–Trinajstić information content (AvgIpc) is 3.32. The van der Waals surface area contributed by atoms with E-state index in [0.717, 1.165) is 5.56 Å². The van der Waals surface area contributed by atoms with E-state index in [1.807, 2.05) is 19.1 Å². The molecule has 1 aromatic carbocycles. The summed E-state index contributed by atoms with van der Waals surface area (Å²) in [6, 6.07) is 5.52. The number of nitrogens with one attached hydrogen (secondary N) is 1. The summed E-state index contributed by atoms with van der Waals surface area (Å²) in [7, 11) is 0. The number of hydrogen-bond acceptors (Lipinski definition) is 8. The van der Waals surface area contributed by atoms with Crippen molar-refractivity contribution in [1.82, 2.24) is 15.5 Å². The third-order valence-corrected chi connectivity index (χ3v) is 8.13. The first-order chi connectivity index (χ1) is 17.5. The van der Waals surface area contributed by atoms with E-state index in [1.165, 1.54) is 0 Å². The van der Waals surface area contributed by atoms with Crippen molar-refractivity contribution >= 4 is 5.91 Å². The van der Waals surface area contributed by atoms with Crippen LogP contribution in [0.5, 0.6) is 5.75 Å². The number of fused-ring (bicyclic) bond motifs is 4. The molecule has 5 aliphatic rings. The second-order valence-corrected chi connectivity index (χ2v) is 10.8. The molecule has 9 nitrogen and oxygen atoms in total. The van der Waals surface area contributed by atoms with Crippen LogP contribution in [0.15, 0.2) is 22.6 Å². The fourth-order valence-corrected chi connectivity index (χ4v) is 5.84. The molecule has 4 heterocycles. The van der Waals surface area contributed by atoms with E-state index < -0.39 is 35.8 Å². The Morgan fingerprint density at radius 1 is 1.16 bits per heavy atom. The van der Waals surface area contributed by atoms with Crippen LogP contribution < -0.4 is 10.1 Å². The van der Waals surface area contributed by atoms with Crippen molar-refractivity contribution in [2.45, 2.75) is 93.6 Å². The van der Waals surface area contributed by atoms with E-state index in [1.54, 1.807) is 6.07 Å². The number of rotatable bonds is 5. The Morgan fingerprint density at radius 3 is 2.59 bits per heavy atom. The molecule has 2 bridgehead atoms. The molecule has 1 amide bonds. The van der Waals surface area contributed by atoms with Gasteiger partial charge in [0.2, 0.25) is 11.8 Å². The summed E-state index contributed by atoms with van der Waals surface area (Å²) in [6.07, 6.45) is -4.25. The average molecular weight is 524 g/mol. The molecule has 2 N–H and O–H groups in total. The number of benzene rings is 1. The van der Waals surface area contributed by atoms with E-state index in [9.17, 15) is 23.1 Å². The van der Waals surface area contributed by atoms with Gasteiger partial charge in [0.25, 0.3) is 5.91 Å². The molecule has 2 aliphatic carbocycles.